The summed E-state index contributed by atoms with van der Waals surface area (Å²) in [7, 11) is 1.68. The largest absolute Gasteiger partial charge is 0.383 e. The molecule has 4 aromatic rings. The molecule has 4 aromatic heterocycles. The minimum absolute atomic E-state index is 0.145. The molecule has 0 aliphatic carbocycles. The third-order valence-corrected chi connectivity index (χ3v) is 3.91. The van der Waals surface area contributed by atoms with Crippen LogP contribution in [-0.2, 0) is 4.74 Å². The highest BCUT2D eigenvalue weighted by molar-refractivity contribution is 5.80. The van der Waals surface area contributed by atoms with Crippen molar-refractivity contribution in [2.45, 2.75) is 13.0 Å². The number of hydrogen-bond donors (Lipinski definition) is 1. The van der Waals surface area contributed by atoms with E-state index >= 15 is 0 Å². The minimum Gasteiger partial charge on any atom is -0.383 e. The van der Waals surface area contributed by atoms with Gasteiger partial charge >= 0.3 is 0 Å². The maximum atomic E-state index is 5.12. The first-order chi connectivity index (χ1) is 11.7. The quantitative estimate of drug-likeness (QED) is 0.611. The monoisotopic (exact) mass is 322 g/mol. The van der Waals surface area contributed by atoms with E-state index in [0.717, 1.165) is 22.3 Å². The Kier molecular flexibility index (Phi) is 3.62. The summed E-state index contributed by atoms with van der Waals surface area (Å²) in [6.07, 6.45) is 9.56. The number of pyridine rings is 1. The predicted molar refractivity (Wildman–Crippen MR) is 92.1 cm³/mol. The fourth-order valence-electron chi connectivity index (χ4n) is 2.80. The van der Waals surface area contributed by atoms with E-state index in [1.807, 2.05) is 46.6 Å². The number of methoxy groups -OCH3 is 1. The third-order valence-electron chi connectivity index (χ3n) is 3.91. The normalized spacial score (nSPS) is 12.8. The first-order valence-corrected chi connectivity index (χ1v) is 7.77. The van der Waals surface area contributed by atoms with Gasteiger partial charge in [0.05, 0.1) is 18.3 Å². The molecule has 1 N–H and O–H groups in total. The number of aromatic nitrogens is 5. The molecule has 0 amide bonds. The zero-order valence-corrected chi connectivity index (χ0v) is 13.5. The van der Waals surface area contributed by atoms with Gasteiger partial charge in [0.1, 0.15) is 5.65 Å². The highest BCUT2D eigenvalue weighted by Gasteiger charge is 2.10. The van der Waals surface area contributed by atoms with Crippen molar-refractivity contribution in [2.24, 2.45) is 0 Å². The molecule has 0 saturated heterocycles. The topological polar surface area (TPSA) is 68.8 Å². The second-order valence-corrected chi connectivity index (χ2v) is 5.75. The van der Waals surface area contributed by atoms with E-state index in [2.05, 4.69) is 32.6 Å². The average molecular weight is 322 g/mol. The molecule has 0 aliphatic heterocycles. The summed E-state index contributed by atoms with van der Waals surface area (Å²) in [4.78, 5) is 8.69. The SMILES string of the molecule is COC[C@@H](C)Nc1ncc2c(-c3ccc4nccn4c3)ccn2n1. The summed E-state index contributed by atoms with van der Waals surface area (Å²) in [5.41, 5.74) is 4.07. The van der Waals surface area contributed by atoms with E-state index < -0.39 is 0 Å². The number of ether oxygens (including phenoxy) is 1. The Bertz CT molecular complexity index is 989. The lowest BCUT2D eigenvalue weighted by Gasteiger charge is -2.12. The number of fused-ring (bicyclic) bond motifs is 2. The maximum Gasteiger partial charge on any atom is 0.241 e. The predicted octanol–water partition coefficient (Wildman–Crippen LogP) is 2.49. The highest BCUT2D eigenvalue weighted by atomic mass is 16.5. The van der Waals surface area contributed by atoms with Gasteiger partial charge in [-0.3, -0.25) is 0 Å². The Labute approximate surface area is 138 Å². The van der Waals surface area contributed by atoms with Gasteiger partial charge in [-0.05, 0) is 25.1 Å². The second kappa shape index (κ2) is 5.93. The zero-order chi connectivity index (χ0) is 16.5. The molecule has 1 atom stereocenters. The van der Waals surface area contributed by atoms with Crippen molar-refractivity contribution in [1.29, 1.82) is 0 Å². The summed E-state index contributed by atoms with van der Waals surface area (Å²) in [5.74, 6) is 0.583. The van der Waals surface area contributed by atoms with Crippen LogP contribution in [0.4, 0.5) is 5.95 Å². The van der Waals surface area contributed by atoms with Gasteiger partial charge in [-0.25, -0.2) is 14.5 Å². The molecular formula is C17H18N6O. The molecule has 0 fully saturated rings. The fraction of sp³-hybridized carbons (Fsp3) is 0.235. The number of imidazole rings is 1. The smallest absolute Gasteiger partial charge is 0.241 e. The molecular weight excluding hydrogens is 304 g/mol. The van der Waals surface area contributed by atoms with Crippen LogP contribution >= 0.6 is 0 Å². The minimum atomic E-state index is 0.145. The molecule has 0 spiro atoms. The molecule has 122 valence electrons. The van der Waals surface area contributed by atoms with Crippen molar-refractivity contribution in [3.63, 3.8) is 0 Å². The van der Waals surface area contributed by atoms with Crippen LogP contribution in [0.25, 0.3) is 22.3 Å². The van der Waals surface area contributed by atoms with Crippen LogP contribution < -0.4 is 5.32 Å². The Hall–Kier alpha value is -2.93. The molecule has 0 aliphatic rings. The zero-order valence-electron chi connectivity index (χ0n) is 13.5. The molecule has 0 aromatic carbocycles. The van der Waals surface area contributed by atoms with Crippen LogP contribution in [0.5, 0.6) is 0 Å². The molecule has 0 unspecified atom stereocenters. The Morgan fingerprint density at radius 2 is 2.12 bits per heavy atom. The Morgan fingerprint density at radius 3 is 3.00 bits per heavy atom. The number of nitrogens with one attached hydrogen (secondary N) is 1. The molecule has 4 heterocycles. The van der Waals surface area contributed by atoms with Crippen molar-refractivity contribution in [3.05, 3.63) is 49.2 Å². The van der Waals surface area contributed by atoms with Crippen LogP contribution in [0.3, 0.4) is 0 Å². The van der Waals surface area contributed by atoms with Gasteiger partial charge in [0.25, 0.3) is 0 Å². The van der Waals surface area contributed by atoms with Crippen molar-refractivity contribution < 1.29 is 4.74 Å². The van der Waals surface area contributed by atoms with E-state index in [0.29, 0.717) is 12.6 Å². The molecule has 7 heteroatoms. The van der Waals surface area contributed by atoms with Crippen LogP contribution in [0.2, 0.25) is 0 Å². The van der Waals surface area contributed by atoms with Crippen LogP contribution in [-0.4, -0.2) is 43.7 Å². The lowest BCUT2D eigenvalue weighted by molar-refractivity contribution is 0.190. The van der Waals surface area contributed by atoms with E-state index in [-0.39, 0.29) is 6.04 Å². The second-order valence-electron chi connectivity index (χ2n) is 5.75. The van der Waals surface area contributed by atoms with Gasteiger partial charge in [0, 0.05) is 49.1 Å². The number of anilines is 1. The van der Waals surface area contributed by atoms with E-state index in [4.69, 9.17) is 4.74 Å². The fourth-order valence-corrected chi connectivity index (χ4v) is 2.80. The molecule has 24 heavy (non-hydrogen) atoms. The van der Waals surface area contributed by atoms with Gasteiger partial charge in [-0.2, -0.15) is 0 Å². The van der Waals surface area contributed by atoms with E-state index in [9.17, 15) is 0 Å². The lowest BCUT2D eigenvalue weighted by atomic mass is 10.1. The summed E-state index contributed by atoms with van der Waals surface area (Å²) in [5, 5.41) is 7.74. The summed E-state index contributed by atoms with van der Waals surface area (Å²) in [6.45, 7) is 2.63. The van der Waals surface area contributed by atoms with Crippen molar-refractivity contribution in [1.82, 2.24) is 24.0 Å². The first kappa shape index (κ1) is 14.6. The van der Waals surface area contributed by atoms with Gasteiger partial charge < -0.3 is 14.5 Å². The Balaban J connectivity index is 1.69. The van der Waals surface area contributed by atoms with E-state index in [1.165, 1.54) is 0 Å². The van der Waals surface area contributed by atoms with Crippen LogP contribution in [0.15, 0.2) is 49.2 Å². The summed E-state index contributed by atoms with van der Waals surface area (Å²) < 4.78 is 8.96. The lowest BCUT2D eigenvalue weighted by Crippen LogP contribution is -2.22. The molecule has 0 bridgehead atoms. The highest BCUT2D eigenvalue weighted by Crippen LogP contribution is 2.25. The number of nitrogens with zero attached hydrogens (tertiary/aromatic N) is 5. The molecule has 7 nitrogen and oxygen atoms in total. The van der Waals surface area contributed by atoms with Gasteiger partial charge in [0.15, 0.2) is 0 Å². The van der Waals surface area contributed by atoms with Gasteiger partial charge in [-0.1, -0.05) is 0 Å². The van der Waals surface area contributed by atoms with Crippen molar-refractivity contribution in [3.8, 4) is 11.1 Å². The first-order valence-electron chi connectivity index (χ1n) is 7.77. The van der Waals surface area contributed by atoms with Gasteiger partial charge in [-0.15, -0.1) is 5.10 Å². The Morgan fingerprint density at radius 1 is 1.21 bits per heavy atom. The standard InChI is InChI=1S/C17H18N6O/c1-12(11-24-2)20-17-19-9-15-14(5-7-23(15)21-17)13-3-4-16-18-6-8-22(16)10-13/h3-10,12H,11H2,1-2H3,(H,20,21)/t12-/m1/s1. The van der Waals surface area contributed by atoms with Crippen LogP contribution in [0.1, 0.15) is 6.92 Å². The van der Waals surface area contributed by atoms with Gasteiger partial charge in [0.2, 0.25) is 5.95 Å². The maximum absolute atomic E-state index is 5.12. The molecule has 0 saturated carbocycles. The number of hydrogen-bond acceptors (Lipinski definition) is 5. The summed E-state index contributed by atoms with van der Waals surface area (Å²) >= 11 is 0. The molecule has 4 rings (SSSR count). The third kappa shape index (κ3) is 2.59. The summed E-state index contributed by atoms with van der Waals surface area (Å²) in [6, 6.07) is 6.25. The van der Waals surface area contributed by atoms with Crippen molar-refractivity contribution in [2.75, 3.05) is 19.0 Å². The number of rotatable bonds is 5. The molecule has 0 radical (unpaired) electrons. The van der Waals surface area contributed by atoms with Crippen molar-refractivity contribution >= 4 is 17.1 Å². The van der Waals surface area contributed by atoms with E-state index in [1.54, 1.807) is 13.3 Å². The van der Waals surface area contributed by atoms with Crippen LogP contribution in [0, 0.1) is 0 Å². The average Bonchev–Trinajstić information content (AvgIpc) is 3.20.